The Balaban J connectivity index is 2.10. The van der Waals surface area contributed by atoms with Crippen molar-refractivity contribution in [3.05, 3.63) is 48.0 Å². The maximum Gasteiger partial charge on any atom is 0.330 e. The smallest absolute Gasteiger partial charge is 0.330 e. The lowest BCUT2D eigenvalue weighted by Crippen LogP contribution is -2.31. The first-order chi connectivity index (χ1) is 9.20. The van der Waals surface area contributed by atoms with Crippen molar-refractivity contribution in [1.29, 1.82) is 0 Å². The molecule has 0 aliphatic carbocycles. The molecule has 102 valence electrons. The summed E-state index contributed by atoms with van der Waals surface area (Å²) < 4.78 is 10.2. The number of carbonyl (C=O) groups excluding carboxylic acids is 1. The fourth-order valence-corrected chi connectivity index (χ4v) is 2.34. The molecule has 1 aromatic carbocycles. The van der Waals surface area contributed by atoms with Gasteiger partial charge < -0.3 is 14.6 Å². The number of ether oxygens (including phenoxy) is 2. The lowest BCUT2D eigenvalue weighted by atomic mass is 9.79. The van der Waals surface area contributed by atoms with E-state index in [1.807, 2.05) is 30.3 Å². The van der Waals surface area contributed by atoms with E-state index in [2.05, 4.69) is 4.74 Å². The first-order valence-electron chi connectivity index (χ1n) is 6.24. The number of hydrogen-bond acceptors (Lipinski definition) is 4. The molecule has 1 heterocycles. The van der Waals surface area contributed by atoms with Gasteiger partial charge in [0.2, 0.25) is 0 Å². The van der Waals surface area contributed by atoms with Crippen LogP contribution in [0.3, 0.4) is 0 Å². The van der Waals surface area contributed by atoms with Crippen LogP contribution in [0.4, 0.5) is 0 Å². The minimum Gasteiger partial charge on any atom is -0.466 e. The summed E-state index contributed by atoms with van der Waals surface area (Å²) in [6.45, 7) is 0.475. The molecule has 0 amide bonds. The highest BCUT2D eigenvalue weighted by Gasteiger charge is 2.40. The van der Waals surface area contributed by atoms with Gasteiger partial charge in [-0.05, 0) is 18.1 Å². The molecule has 19 heavy (non-hydrogen) atoms. The third kappa shape index (κ3) is 3.03. The van der Waals surface area contributed by atoms with E-state index in [0.717, 1.165) is 5.56 Å². The highest BCUT2D eigenvalue weighted by molar-refractivity contribution is 5.81. The molecule has 2 rings (SSSR count). The zero-order valence-corrected chi connectivity index (χ0v) is 10.9. The average Bonchev–Trinajstić information content (AvgIpc) is 2.90. The van der Waals surface area contributed by atoms with Gasteiger partial charge in [-0.2, -0.15) is 0 Å². The first kappa shape index (κ1) is 13.8. The van der Waals surface area contributed by atoms with Crippen molar-refractivity contribution < 1.29 is 19.4 Å². The Bertz CT molecular complexity index is 454. The van der Waals surface area contributed by atoms with Crippen LogP contribution in [0.5, 0.6) is 0 Å². The Kier molecular flexibility index (Phi) is 4.35. The minimum absolute atomic E-state index is 0.0274. The number of aliphatic hydroxyl groups is 1. The van der Waals surface area contributed by atoms with Gasteiger partial charge in [-0.3, -0.25) is 0 Å². The van der Waals surface area contributed by atoms with Crippen molar-refractivity contribution in [2.24, 2.45) is 0 Å². The maximum atomic E-state index is 11.1. The number of esters is 1. The SMILES string of the molecule is COC(=O)/C=C/[C@@H]1C[C@](CO)(c2ccccc2)CO1. The number of rotatable bonds is 4. The van der Waals surface area contributed by atoms with Crippen molar-refractivity contribution in [2.45, 2.75) is 17.9 Å². The number of aliphatic hydroxyl groups excluding tert-OH is 1. The Morgan fingerprint density at radius 2 is 2.26 bits per heavy atom. The second-order valence-electron chi connectivity index (χ2n) is 4.74. The normalized spacial score (nSPS) is 26.7. The summed E-state index contributed by atoms with van der Waals surface area (Å²) in [6, 6.07) is 9.83. The lowest BCUT2D eigenvalue weighted by molar-refractivity contribution is -0.134. The predicted octanol–water partition coefficient (Wildman–Crippen LogP) is 1.43. The molecule has 0 saturated carbocycles. The van der Waals surface area contributed by atoms with Crippen molar-refractivity contribution in [3.8, 4) is 0 Å². The van der Waals surface area contributed by atoms with Gasteiger partial charge in [0.25, 0.3) is 0 Å². The first-order valence-corrected chi connectivity index (χ1v) is 6.24. The quantitative estimate of drug-likeness (QED) is 0.659. The molecule has 4 nitrogen and oxygen atoms in total. The zero-order chi connectivity index (χ0) is 13.7. The fraction of sp³-hybridized carbons (Fsp3) is 0.400. The third-order valence-electron chi connectivity index (χ3n) is 3.50. The Labute approximate surface area is 112 Å². The number of hydrogen-bond donors (Lipinski definition) is 1. The molecule has 0 unspecified atom stereocenters. The van der Waals surface area contributed by atoms with E-state index in [9.17, 15) is 9.90 Å². The third-order valence-corrected chi connectivity index (χ3v) is 3.50. The lowest BCUT2D eigenvalue weighted by Gasteiger charge is -2.25. The molecule has 0 aromatic heterocycles. The Hall–Kier alpha value is -1.65. The molecule has 1 aromatic rings. The van der Waals surface area contributed by atoms with Gasteiger partial charge in [-0.1, -0.05) is 30.3 Å². The second-order valence-corrected chi connectivity index (χ2v) is 4.74. The Morgan fingerprint density at radius 3 is 2.89 bits per heavy atom. The van der Waals surface area contributed by atoms with Crippen LogP contribution in [-0.2, 0) is 19.7 Å². The summed E-state index contributed by atoms with van der Waals surface area (Å²) in [5.74, 6) is -0.398. The summed E-state index contributed by atoms with van der Waals surface area (Å²) in [6.07, 6.45) is 3.53. The summed E-state index contributed by atoms with van der Waals surface area (Å²) in [4.78, 5) is 11.1. The van der Waals surface area contributed by atoms with E-state index in [1.54, 1.807) is 6.08 Å². The van der Waals surface area contributed by atoms with Crippen LogP contribution in [-0.4, -0.2) is 37.5 Å². The van der Waals surface area contributed by atoms with E-state index < -0.39 is 5.97 Å². The molecule has 1 aliphatic rings. The molecule has 1 fully saturated rings. The average molecular weight is 262 g/mol. The largest absolute Gasteiger partial charge is 0.466 e. The van der Waals surface area contributed by atoms with Crippen LogP contribution in [0.1, 0.15) is 12.0 Å². The van der Waals surface area contributed by atoms with E-state index in [1.165, 1.54) is 13.2 Å². The molecule has 0 spiro atoms. The minimum atomic E-state index is -0.398. The maximum absolute atomic E-state index is 11.1. The van der Waals surface area contributed by atoms with E-state index in [-0.39, 0.29) is 18.1 Å². The van der Waals surface area contributed by atoms with Gasteiger partial charge >= 0.3 is 5.97 Å². The van der Waals surface area contributed by atoms with E-state index in [4.69, 9.17) is 4.74 Å². The van der Waals surface area contributed by atoms with Crippen LogP contribution in [0.25, 0.3) is 0 Å². The standard InChI is InChI=1S/C15H18O4/c1-18-14(17)8-7-13-9-15(10-16,11-19-13)12-5-3-2-4-6-12/h2-8,13,16H,9-11H2,1H3/b8-7+/t13-,15-/m1/s1. The highest BCUT2D eigenvalue weighted by Crippen LogP contribution is 2.36. The summed E-state index contributed by atoms with van der Waals surface area (Å²) in [7, 11) is 1.34. The monoisotopic (exact) mass is 262 g/mol. The highest BCUT2D eigenvalue weighted by atomic mass is 16.5. The van der Waals surface area contributed by atoms with Crippen LogP contribution in [0.15, 0.2) is 42.5 Å². The Morgan fingerprint density at radius 1 is 1.53 bits per heavy atom. The van der Waals surface area contributed by atoms with Crippen molar-refractivity contribution in [2.75, 3.05) is 20.3 Å². The van der Waals surface area contributed by atoms with Gasteiger partial charge in [-0.25, -0.2) is 4.79 Å². The van der Waals surface area contributed by atoms with Gasteiger partial charge in [0.1, 0.15) is 0 Å². The summed E-state index contributed by atoms with van der Waals surface area (Å²) in [5.41, 5.74) is 0.679. The van der Waals surface area contributed by atoms with Crippen molar-refractivity contribution in [1.82, 2.24) is 0 Å². The topological polar surface area (TPSA) is 55.8 Å². The fourth-order valence-electron chi connectivity index (χ4n) is 2.34. The van der Waals surface area contributed by atoms with Crippen LogP contribution >= 0.6 is 0 Å². The number of benzene rings is 1. The van der Waals surface area contributed by atoms with Crippen molar-refractivity contribution >= 4 is 5.97 Å². The van der Waals surface area contributed by atoms with Crippen molar-refractivity contribution in [3.63, 3.8) is 0 Å². The predicted molar refractivity (Wildman–Crippen MR) is 70.7 cm³/mol. The van der Waals surface area contributed by atoms with Gasteiger partial charge in [0.05, 0.1) is 26.4 Å². The van der Waals surface area contributed by atoms with Crippen LogP contribution in [0.2, 0.25) is 0 Å². The van der Waals surface area contributed by atoms with Crippen LogP contribution < -0.4 is 0 Å². The zero-order valence-electron chi connectivity index (χ0n) is 10.9. The van der Waals surface area contributed by atoms with E-state index in [0.29, 0.717) is 13.0 Å². The molecule has 0 bridgehead atoms. The van der Waals surface area contributed by atoms with Gasteiger partial charge in [0, 0.05) is 11.5 Å². The van der Waals surface area contributed by atoms with Crippen LogP contribution in [0, 0.1) is 0 Å². The van der Waals surface area contributed by atoms with E-state index >= 15 is 0 Å². The summed E-state index contributed by atoms with van der Waals surface area (Å²) in [5, 5.41) is 9.72. The molecule has 0 radical (unpaired) electrons. The number of carbonyl (C=O) groups is 1. The molecule has 1 saturated heterocycles. The molecule has 4 heteroatoms. The molecule has 2 atom stereocenters. The second kappa shape index (κ2) is 5.99. The van der Waals surface area contributed by atoms with Gasteiger partial charge in [0.15, 0.2) is 0 Å². The molecular weight excluding hydrogens is 244 g/mol. The molecule has 1 aliphatic heterocycles. The summed E-state index contributed by atoms with van der Waals surface area (Å²) >= 11 is 0. The van der Waals surface area contributed by atoms with Gasteiger partial charge in [-0.15, -0.1) is 0 Å². The molecule has 1 N–H and O–H groups in total. The molecular formula is C15H18O4. The number of methoxy groups -OCH3 is 1.